The number of rotatable bonds is 2. The third kappa shape index (κ3) is 4.29. The molecule has 2 rings (SSSR count). The molecule has 1 fully saturated rings. The Kier molecular flexibility index (Phi) is 6.04. The summed E-state index contributed by atoms with van der Waals surface area (Å²) in [6.45, 7) is 10.7. The molecule has 0 unspecified atom stereocenters. The molecule has 0 spiro atoms. The van der Waals surface area contributed by atoms with Gasteiger partial charge in [-0.3, -0.25) is 9.88 Å². The van der Waals surface area contributed by atoms with Crippen LogP contribution in [-0.2, 0) is 11.3 Å². The Hall–Kier alpha value is -0.930. The molecule has 0 amide bonds. The summed E-state index contributed by atoms with van der Waals surface area (Å²) >= 11 is 0. The van der Waals surface area contributed by atoms with Crippen LogP contribution in [0.5, 0.6) is 0 Å². The highest BCUT2D eigenvalue weighted by Crippen LogP contribution is 2.05. The molecule has 0 atom stereocenters. The highest BCUT2D eigenvalue weighted by molar-refractivity contribution is 5.09. The second-order valence-electron chi connectivity index (χ2n) is 3.66. The summed E-state index contributed by atoms with van der Waals surface area (Å²) in [5.41, 5.74) is 2.25. The first-order chi connectivity index (χ1) is 7.84. The first-order valence-corrected chi connectivity index (χ1v) is 6.07. The minimum absolute atomic E-state index is 0.853. The first kappa shape index (κ1) is 13.1. The molecule has 1 saturated heterocycles. The molecular formula is C13H22N2O. The minimum atomic E-state index is 0.853. The Labute approximate surface area is 98.4 Å². The normalized spacial score (nSPS) is 16.4. The smallest absolute Gasteiger partial charge is 0.0594 e. The van der Waals surface area contributed by atoms with E-state index in [2.05, 4.69) is 22.0 Å². The second-order valence-corrected chi connectivity index (χ2v) is 3.66. The average molecular weight is 222 g/mol. The van der Waals surface area contributed by atoms with Crippen molar-refractivity contribution in [3.05, 3.63) is 29.6 Å². The minimum Gasteiger partial charge on any atom is -0.379 e. The molecule has 1 aromatic heterocycles. The molecule has 1 aliphatic rings. The number of nitrogens with zero attached hydrogens (tertiary/aromatic N) is 2. The van der Waals surface area contributed by atoms with Gasteiger partial charge >= 0.3 is 0 Å². The third-order valence-corrected chi connectivity index (χ3v) is 2.44. The molecule has 0 aliphatic carbocycles. The lowest BCUT2D eigenvalue weighted by Crippen LogP contribution is -2.35. The SMILES string of the molecule is CC.Cc1cccc(CN2CCOCC2)n1. The lowest BCUT2D eigenvalue weighted by Gasteiger charge is -2.26. The summed E-state index contributed by atoms with van der Waals surface area (Å²) in [6.07, 6.45) is 0. The number of hydrogen-bond acceptors (Lipinski definition) is 3. The zero-order chi connectivity index (χ0) is 11.8. The number of hydrogen-bond donors (Lipinski definition) is 0. The molecule has 3 nitrogen and oxygen atoms in total. The number of morpholine rings is 1. The van der Waals surface area contributed by atoms with Crippen LogP contribution in [0.3, 0.4) is 0 Å². The molecule has 0 aromatic carbocycles. The molecule has 1 aromatic rings. The van der Waals surface area contributed by atoms with Gasteiger partial charge in [-0.05, 0) is 19.1 Å². The van der Waals surface area contributed by atoms with Gasteiger partial charge in [-0.2, -0.15) is 0 Å². The van der Waals surface area contributed by atoms with Gasteiger partial charge in [0.1, 0.15) is 0 Å². The van der Waals surface area contributed by atoms with E-state index in [0.717, 1.165) is 44.2 Å². The Morgan fingerprint density at radius 2 is 1.94 bits per heavy atom. The molecule has 2 heterocycles. The van der Waals surface area contributed by atoms with Crippen LogP contribution in [0.15, 0.2) is 18.2 Å². The van der Waals surface area contributed by atoms with Gasteiger partial charge in [0.15, 0.2) is 0 Å². The van der Waals surface area contributed by atoms with Crippen molar-refractivity contribution in [3.8, 4) is 0 Å². The maximum atomic E-state index is 5.30. The van der Waals surface area contributed by atoms with Crippen molar-refractivity contribution >= 4 is 0 Å². The average Bonchev–Trinajstić information content (AvgIpc) is 2.33. The Bertz CT molecular complexity index is 296. The molecule has 16 heavy (non-hydrogen) atoms. The van der Waals surface area contributed by atoms with E-state index in [0.29, 0.717) is 0 Å². The van der Waals surface area contributed by atoms with Crippen molar-refractivity contribution < 1.29 is 4.74 Å². The maximum absolute atomic E-state index is 5.30. The summed E-state index contributed by atoms with van der Waals surface area (Å²) in [6, 6.07) is 6.18. The zero-order valence-electron chi connectivity index (χ0n) is 10.6. The summed E-state index contributed by atoms with van der Waals surface area (Å²) in [5.74, 6) is 0. The highest BCUT2D eigenvalue weighted by Gasteiger charge is 2.10. The fraction of sp³-hybridized carbons (Fsp3) is 0.615. The van der Waals surface area contributed by atoms with E-state index in [4.69, 9.17) is 4.74 Å². The molecule has 90 valence electrons. The van der Waals surface area contributed by atoms with Crippen LogP contribution < -0.4 is 0 Å². The first-order valence-electron chi connectivity index (χ1n) is 6.07. The lowest BCUT2D eigenvalue weighted by molar-refractivity contribution is 0.0336. The molecule has 0 N–H and O–H groups in total. The van der Waals surface area contributed by atoms with Gasteiger partial charge in [0.05, 0.1) is 18.9 Å². The molecule has 3 heteroatoms. The van der Waals surface area contributed by atoms with Gasteiger partial charge in [0.25, 0.3) is 0 Å². The lowest BCUT2D eigenvalue weighted by atomic mass is 10.3. The fourth-order valence-corrected chi connectivity index (χ4v) is 1.68. The van der Waals surface area contributed by atoms with E-state index < -0.39 is 0 Å². The molecule has 0 saturated carbocycles. The quantitative estimate of drug-likeness (QED) is 0.767. The Balaban J connectivity index is 0.000000606. The molecule has 0 bridgehead atoms. The van der Waals surface area contributed by atoms with Crippen LogP contribution in [0.2, 0.25) is 0 Å². The fourth-order valence-electron chi connectivity index (χ4n) is 1.68. The van der Waals surface area contributed by atoms with Gasteiger partial charge in [0, 0.05) is 25.3 Å². The maximum Gasteiger partial charge on any atom is 0.0594 e. The van der Waals surface area contributed by atoms with Crippen molar-refractivity contribution in [2.45, 2.75) is 27.3 Å². The largest absolute Gasteiger partial charge is 0.379 e. The van der Waals surface area contributed by atoms with E-state index >= 15 is 0 Å². The monoisotopic (exact) mass is 222 g/mol. The van der Waals surface area contributed by atoms with Gasteiger partial charge in [-0.1, -0.05) is 19.9 Å². The van der Waals surface area contributed by atoms with E-state index in [9.17, 15) is 0 Å². The van der Waals surface area contributed by atoms with Crippen LogP contribution in [0.4, 0.5) is 0 Å². The highest BCUT2D eigenvalue weighted by atomic mass is 16.5. The summed E-state index contributed by atoms with van der Waals surface area (Å²) < 4.78 is 5.30. The van der Waals surface area contributed by atoms with Crippen LogP contribution >= 0.6 is 0 Å². The number of aryl methyl sites for hydroxylation is 1. The number of pyridine rings is 1. The predicted octanol–water partition coefficient (Wildman–Crippen LogP) is 2.25. The standard InChI is InChI=1S/C11H16N2O.C2H6/c1-10-3-2-4-11(12-10)9-13-5-7-14-8-6-13;1-2/h2-4H,5-9H2,1H3;1-2H3. The summed E-state index contributed by atoms with van der Waals surface area (Å²) in [5, 5.41) is 0. The van der Waals surface area contributed by atoms with Crippen LogP contribution in [-0.4, -0.2) is 36.2 Å². The van der Waals surface area contributed by atoms with E-state index in [1.54, 1.807) is 0 Å². The van der Waals surface area contributed by atoms with Crippen LogP contribution in [0, 0.1) is 6.92 Å². The van der Waals surface area contributed by atoms with Crippen molar-refractivity contribution in [1.82, 2.24) is 9.88 Å². The predicted molar refractivity (Wildman–Crippen MR) is 66.4 cm³/mol. The summed E-state index contributed by atoms with van der Waals surface area (Å²) in [7, 11) is 0. The van der Waals surface area contributed by atoms with Gasteiger partial charge < -0.3 is 4.74 Å². The van der Waals surface area contributed by atoms with Crippen molar-refractivity contribution in [2.24, 2.45) is 0 Å². The number of ether oxygens (including phenoxy) is 1. The molecule has 0 radical (unpaired) electrons. The zero-order valence-corrected chi connectivity index (χ0v) is 10.6. The van der Waals surface area contributed by atoms with Crippen LogP contribution in [0.1, 0.15) is 25.2 Å². The van der Waals surface area contributed by atoms with Crippen molar-refractivity contribution in [2.75, 3.05) is 26.3 Å². The molecular weight excluding hydrogens is 200 g/mol. The Morgan fingerprint density at radius 3 is 2.56 bits per heavy atom. The van der Waals surface area contributed by atoms with E-state index in [1.807, 2.05) is 26.8 Å². The van der Waals surface area contributed by atoms with E-state index in [-0.39, 0.29) is 0 Å². The number of aromatic nitrogens is 1. The van der Waals surface area contributed by atoms with Gasteiger partial charge in [-0.15, -0.1) is 0 Å². The Morgan fingerprint density at radius 1 is 1.25 bits per heavy atom. The van der Waals surface area contributed by atoms with Crippen molar-refractivity contribution in [3.63, 3.8) is 0 Å². The second kappa shape index (κ2) is 7.36. The topological polar surface area (TPSA) is 25.4 Å². The third-order valence-electron chi connectivity index (χ3n) is 2.44. The van der Waals surface area contributed by atoms with Gasteiger partial charge in [-0.25, -0.2) is 0 Å². The van der Waals surface area contributed by atoms with Gasteiger partial charge in [0.2, 0.25) is 0 Å². The van der Waals surface area contributed by atoms with Crippen molar-refractivity contribution in [1.29, 1.82) is 0 Å². The van der Waals surface area contributed by atoms with Crippen LogP contribution in [0.25, 0.3) is 0 Å². The molecule has 1 aliphatic heterocycles. The van der Waals surface area contributed by atoms with E-state index in [1.165, 1.54) is 0 Å². The summed E-state index contributed by atoms with van der Waals surface area (Å²) in [4.78, 5) is 6.87.